The number of nitrogens with two attached hydrogens (primary N) is 1. The number of nitrogens with zero attached hydrogens (tertiary/aromatic N) is 1. The topological polar surface area (TPSA) is 81.2 Å². The van der Waals surface area contributed by atoms with Gasteiger partial charge in [-0.3, -0.25) is 4.79 Å². The SMILES string of the molecule is Cc1ccc(CNC(=O)c2c(C)noc2N)cc1. The second-order valence-electron chi connectivity index (χ2n) is 4.18. The number of amides is 1. The maximum atomic E-state index is 11.9. The molecule has 0 radical (unpaired) electrons. The number of carbonyl (C=O) groups excluding carboxylic acids is 1. The molecule has 0 saturated heterocycles. The van der Waals surface area contributed by atoms with Gasteiger partial charge < -0.3 is 15.6 Å². The van der Waals surface area contributed by atoms with Crippen molar-refractivity contribution in [3.8, 4) is 0 Å². The third kappa shape index (κ3) is 2.51. The van der Waals surface area contributed by atoms with Crippen molar-refractivity contribution in [2.24, 2.45) is 0 Å². The zero-order valence-corrected chi connectivity index (χ0v) is 10.4. The van der Waals surface area contributed by atoms with Gasteiger partial charge in [-0.25, -0.2) is 0 Å². The number of nitrogens with one attached hydrogen (secondary N) is 1. The number of hydrogen-bond donors (Lipinski definition) is 2. The van der Waals surface area contributed by atoms with Crippen LogP contribution in [0, 0.1) is 13.8 Å². The second kappa shape index (κ2) is 4.91. The van der Waals surface area contributed by atoms with E-state index in [2.05, 4.69) is 10.5 Å². The molecule has 1 heterocycles. The van der Waals surface area contributed by atoms with Gasteiger partial charge in [-0.2, -0.15) is 0 Å². The van der Waals surface area contributed by atoms with Crippen molar-refractivity contribution < 1.29 is 9.32 Å². The first-order valence-corrected chi connectivity index (χ1v) is 5.63. The quantitative estimate of drug-likeness (QED) is 0.864. The van der Waals surface area contributed by atoms with Crippen molar-refractivity contribution in [2.75, 3.05) is 5.73 Å². The molecule has 0 aliphatic heterocycles. The average Bonchev–Trinajstić information content (AvgIpc) is 2.68. The molecule has 18 heavy (non-hydrogen) atoms. The van der Waals surface area contributed by atoms with Crippen LogP contribution in [0.3, 0.4) is 0 Å². The van der Waals surface area contributed by atoms with E-state index < -0.39 is 0 Å². The second-order valence-corrected chi connectivity index (χ2v) is 4.18. The summed E-state index contributed by atoms with van der Waals surface area (Å²) in [6.45, 7) is 4.15. The predicted octanol–water partition coefficient (Wildman–Crippen LogP) is 1.80. The van der Waals surface area contributed by atoms with Crippen molar-refractivity contribution in [2.45, 2.75) is 20.4 Å². The molecule has 1 amide bonds. The summed E-state index contributed by atoms with van der Waals surface area (Å²) < 4.78 is 4.75. The van der Waals surface area contributed by atoms with E-state index in [-0.39, 0.29) is 11.8 Å². The smallest absolute Gasteiger partial charge is 0.259 e. The highest BCUT2D eigenvalue weighted by Gasteiger charge is 2.17. The third-order valence-electron chi connectivity index (χ3n) is 2.69. The van der Waals surface area contributed by atoms with Crippen molar-refractivity contribution in [3.05, 3.63) is 46.6 Å². The minimum atomic E-state index is -0.271. The fourth-order valence-electron chi connectivity index (χ4n) is 1.64. The van der Waals surface area contributed by atoms with Crippen LogP contribution in [-0.4, -0.2) is 11.1 Å². The summed E-state index contributed by atoms with van der Waals surface area (Å²) in [4.78, 5) is 11.9. The largest absolute Gasteiger partial charge is 0.367 e. The minimum Gasteiger partial charge on any atom is -0.367 e. The fourth-order valence-corrected chi connectivity index (χ4v) is 1.64. The highest BCUT2D eigenvalue weighted by molar-refractivity contribution is 5.98. The maximum Gasteiger partial charge on any atom is 0.259 e. The Balaban J connectivity index is 2.03. The molecule has 5 heteroatoms. The Labute approximate surface area is 105 Å². The lowest BCUT2D eigenvalue weighted by Gasteiger charge is -2.05. The predicted molar refractivity (Wildman–Crippen MR) is 68.0 cm³/mol. The fraction of sp³-hybridized carbons (Fsp3) is 0.231. The minimum absolute atomic E-state index is 0.0499. The molecule has 0 fully saturated rings. The molecular weight excluding hydrogens is 230 g/mol. The van der Waals surface area contributed by atoms with Gasteiger partial charge in [0.1, 0.15) is 5.56 Å². The first-order chi connectivity index (χ1) is 8.58. The van der Waals surface area contributed by atoms with Gasteiger partial charge in [-0.1, -0.05) is 35.0 Å². The lowest BCUT2D eigenvalue weighted by Crippen LogP contribution is -2.23. The zero-order chi connectivity index (χ0) is 13.1. The van der Waals surface area contributed by atoms with Gasteiger partial charge in [0.15, 0.2) is 0 Å². The summed E-state index contributed by atoms with van der Waals surface area (Å²) in [6.07, 6.45) is 0. The van der Waals surface area contributed by atoms with E-state index in [4.69, 9.17) is 10.3 Å². The number of carbonyl (C=O) groups is 1. The summed E-state index contributed by atoms with van der Waals surface area (Å²) in [7, 11) is 0. The molecule has 1 aromatic carbocycles. The Bertz CT molecular complexity index is 539. The Hall–Kier alpha value is -2.30. The van der Waals surface area contributed by atoms with Crippen molar-refractivity contribution in [1.82, 2.24) is 10.5 Å². The highest BCUT2D eigenvalue weighted by Crippen LogP contribution is 2.15. The van der Waals surface area contributed by atoms with Gasteiger partial charge >= 0.3 is 0 Å². The van der Waals surface area contributed by atoms with E-state index in [1.165, 1.54) is 5.56 Å². The van der Waals surface area contributed by atoms with Crippen LogP contribution in [-0.2, 0) is 6.54 Å². The normalized spacial score (nSPS) is 10.3. The number of rotatable bonds is 3. The molecule has 94 valence electrons. The Kier molecular flexibility index (Phi) is 3.32. The standard InChI is InChI=1S/C13H15N3O2/c1-8-3-5-10(6-4-8)7-15-13(17)11-9(2)16-18-12(11)14/h3-6H,7,14H2,1-2H3,(H,15,17). The number of anilines is 1. The molecule has 0 saturated carbocycles. The molecule has 2 rings (SSSR count). The molecular formula is C13H15N3O2. The summed E-state index contributed by atoms with van der Waals surface area (Å²) in [5.74, 6) is -0.222. The molecule has 0 aliphatic carbocycles. The number of aryl methyl sites for hydroxylation is 2. The van der Waals surface area contributed by atoms with E-state index in [1.54, 1.807) is 6.92 Å². The summed E-state index contributed by atoms with van der Waals surface area (Å²) in [6, 6.07) is 7.94. The van der Waals surface area contributed by atoms with Gasteiger partial charge in [0.05, 0.1) is 5.69 Å². The van der Waals surface area contributed by atoms with Gasteiger partial charge in [0, 0.05) is 6.54 Å². The van der Waals surface area contributed by atoms with E-state index in [9.17, 15) is 4.79 Å². The van der Waals surface area contributed by atoms with Gasteiger partial charge in [-0.05, 0) is 19.4 Å². The molecule has 0 bridgehead atoms. The molecule has 0 unspecified atom stereocenters. The van der Waals surface area contributed by atoms with Gasteiger partial charge in [0.25, 0.3) is 5.91 Å². The van der Waals surface area contributed by atoms with Crippen LogP contribution < -0.4 is 11.1 Å². The molecule has 5 nitrogen and oxygen atoms in total. The van der Waals surface area contributed by atoms with Crippen molar-refractivity contribution >= 4 is 11.8 Å². The van der Waals surface area contributed by atoms with Gasteiger partial charge in [0.2, 0.25) is 5.88 Å². The third-order valence-corrected chi connectivity index (χ3v) is 2.69. The summed E-state index contributed by atoms with van der Waals surface area (Å²) in [5, 5.41) is 6.43. The van der Waals surface area contributed by atoms with Crippen LogP contribution in [0.5, 0.6) is 0 Å². The van der Waals surface area contributed by atoms with E-state index in [0.717, 1.165) is 5.56 Å². The Morgan fingerprint density at radius 2 is 2.00 bits per heavy atom. The Morgan fingerprint density at radius 3 is 2.56 bits per heavy atom. The molecule has 0 spiro atoms. The van der Waals surface area contributed by atoms with E-state index >= 15 is 0 Å². The number of aromatic nitrogens is 1. The number of hydrogen-bond acceptors (Lipinski definition) is 4. The number of nitrogen functional groups attached to an aromatic ring is 1. The van der Waals surface area contributed by atoms with Crippen LogP contribution in [0.1, 0.15) is 27.2 Å². The summed E-state index contributed by atoms with van der Waals surface area (Å²) >= 11 is 0. The lowest BCUT2D eigenvalue weighted by molar-refractivity contribution is 0.0951. The van der Waals surface area contributed by atoms with Crippen molar-refractivity contribution in [3.63, 3.8) is 0 Å². The van der Waals surface area contributed by atoms with Gasteiger partial charge in [-0.15, -0.1) is 0 Å². The van der Waals surface area contributed by atoms with E-state index in [0.29, 0.717) is 17.8 Å². The maximum absolute atomic E-state index is 11.9. The van der Waals surface area contributed by atoms with Crippen LogP contribution in [0.25, 0.3) is 0 Å². The first-order valence-electron chi connectivity index (χ1n) is 5.63. The van der Waals surface area contributed by atoms with Crippen LogP contribution in [0.4, 0.5) is 5.88 Å². The molecule has 3 N–H and O–H groups in total. The van der Waals surface area contributed by atoms with Crippen molar-refractivity contribution in [1.29, 1.82) is 0 Å². The first kappa shape index (κ1) is 12.2. The molecule has 0 atom stereocenters. The molecule has 1 aromatic heterocycles. The Morgan fingerprint density at radius 1 is 1.33 bits per heavy atom. The summed E-state index contributed by atoms with van der Waals surface area (Å²) in [5.41, 5.74) is 8.56. The molecule has 2 aromatic rings. The van der Waals surface area contributed by atoms with E-state index in [1.807, 2.05) is 31.2 Å². The highest BCUT2D eigenvalue weighted by atomic mass is 16.5. The van der Waals surface area contributed by atoms with Crippen LogP contribution in [0.2, 0.25) is 0 Å². The van der Waals surface area contributed by atoms with Crippen LogP contribution >= 0.6 is 0 Å². The lowest BCUT2D eigenvalue weighted by atomic mass is 10.1. The average molecular weight is 245 g/mol. The monoisotopic (exact) mass is 245 g/mol. The zero-order valence-electron chi connectivity index (χ0n) is 10.4. The molecule has 0 aliphatic rings. The number of benzene rings is 1. The van der Waals surface area contributed by atoms with Crippen LogP contribution in [0.15, 0.2) is 28.8 Å².